The first-order valence-electron chi connectivity index (χ1n) is 11.7. The standard InChI is InChI=1S/C29H27N3O4/c1-17-13-23(14-18(2)19(17)3)36-22-10-8-21(9-11-22)16-32-28-27(20(4)31-32)24(29(33)34-5)15-25(30-28)26-7-6-12-35-26/h6-15H,16H2,1-5H3. The number of methoxy groups -OCH3 is 1. The molecule has 0 radical (unpaired) electrons. The molecule has 182 valence electrons. The number of carbonyl (C=O) groups excluding carboxylic acids is 1. The molecule has 0 atom stereocenters. The third-order valence-corrected chi connectivity index (χ3v) is 6.45. The lowest BCUT2D eigenvalue weighted by molar-refractivity contribution is 0.0603. The van der Waals surface area contributed by atoms with Crippen LogP contribution in [0.3, 0.4) is 0 Å². The maximum Gasteiger partial charge on any atom is 0.338 e. The summed E-state index contributed by atoms with van der Waals surface area (Å²) in [6.45, 7) is 8.63. The number of aromatic nitrogens is 3. The van der Waals surface area contributed by atoms with Gasteiger partial charge in [-0.15, -0.1) is 0 Å². The maximum absolute atomic E-state index is 12.6. The number of nitrogens with zero attached hydrogens (tertiary/aromatic N) is 3. The number of furan rings is 1. The van der Waals surface area contributed by atoms with E-state index in [1.54, 1.807) is 29.1 Å². The van der Waals surface area contributed by atoms with Crippen LogP contribution in [0.5, 0.6) is 11.5 Å². The van der Waals surface area contributed by atoms with Crippen molar-refractivity contribution in [1.29, 1.82) is 0 Å². The number of fused-ring (bicyclic) bond motifs is 1. The third kappa shape index (κ3) is 4.35. The molecule has 0 saturated heterocycles. The Balaban J connectivity index is 1.47. The largest absolute Gasteiger partial charge is 0.465 e. The molecule has 0 aliphatic carbocycles. The number of esters is 1. The summed E-state index contributed by atoms with van der Waals surface area (Å²) < 4.78 is 18.4. The first kappa shape index (κ1) is 23.4. The van der Waals surface area contributed by atoms with E-state index in [2.05, 4.69) is 38.0 Å². The van der Waals surface area contributed by atoms with Gasteiger partial charge in [-0.2, -0.15) is 5.10 Å². The second-order valence-electron chi connectivity index (χ2n) is 8.89. The fourth-order valence-electron chi connectivity index (χ4n) is 4.31. The van der Waals surface area contributed by atoms with Crippen molar-refractivity contribution in [2.75, 3.05) is 7.11 Å². The van der Waals surface area contributed by atoms with E-state index >= 15 is 0 Å². The van der Waals surface area contributed by atoms with Gasteiger partial charge in [0, 0.05) is 0 Å². The van der Waals surface area contributed by atoms with Crippen molar-refractivity contribution in [3.8, 4) is 23.0 Å². The first-order chi connectivity index (χ1) is 17.3. The molecule has 0 fully saturated rings. The highest BCUT2D eigenvalue weighted by atomic mass is 16.5. The highest BCUT2D eigenvalue weighted by molar-refractivity contribution is 6.04. The lowest BCUT2D eigenvalue weighted by Crippen LogP contribution is -2.06. The van der Waals surface area contributed by atoms with E-state index in [9.17, 15) is 4.79 Å². The Hall–Kier alpha value is -4.39. The van der Waals surface area contributed by atoms with Crippen molar-refractivity contribution in [1.82, 2.24) is 14.8 Å². The Morgan fingerprint density at radius 3 is 2.33 bits per heavy atom. The Morgan fingerprint density at radius 2 is 1.69 bits per heavy atom. The van der Waals surface area contributed by atoms with Crippen LogP contribution in [0.4, 0.5) is 0 Å². The minimum atomic E-state index is -0.444. The molecule has 3 aromatic heterocycles. The average Bonchev–Trinajstić information content (AvgIpc) is 3.51. The van der Waals surface area contributed by atoms with E-state index in [0.717, 1.165) is 17.1 Å². The lowest BCUT2D eigenvalue weighted by atomic mass is 10.0. The molecule has 0 bridgehead atoms. The molecular weight excluding hydrogens is 454 g/mol. The SMILES string of the molecule is COC(=O)c1cc(-c2ccco2)nc2c1c(C)nn2Cc1ccc(Oc2cc(C)c(C)c(C)c2)cc1. The summed E-state index contributed by atoms with van der Waals surface area (Å²) in [6, 6.07) is 17.3. The van der Waals surface area contributed by atoms with Crippen LogP contribution in [0.25, 0.3) is 22.5 Å². The van der Waals surface area contributed by atoms with Crippen LogP contribution in [0.2, 0.25) is 0 Å². The van der Waals surface area contributed by atoms with Crippen LogP contribution in [-0.4, -0.2) is 27.8 Å². The fourth-order valence-corrected chi connectivity index (χ4v) is 4.31. The molecular formula is C29H27N3O4. The number of rotatable bonds is 6. The van der Waals surface area contributed by atoms with Gasteiger partial charge in [0.15, 0.2) is 11.4 Å². The Kier molecular flexibility index (Phi) is 6.06. The van der Waals surface area contributed by atoms with Gasteiger partial charge in [-0.1, -0.05) is 12.1 Å². The number of aryl methyl sites for hydroxylation is 3. The number of pyridine rings is 1. The smallest absolute Gasteiger partial charge is 0.338 e. The van der Waals surface area contributed by atoms with Crippen molar-refractivity contribution in [2.24, 2.45) is 0 Å². The van der Waals surface area contributed by atoms with Crippen LogP contribution in [-0.2, 0) is 11.3 Å². The molecule has 0 aliphatic heterocycles. The predicted molar refractivity (Wildman–Crippen MR) is 138 cm³/mol. The van der Waals surface area contributed by atoms with Gasteiger partial charge in [-0.25, -0.2) is 14.5 Å². The summed E-state index contributed by atoms with van der Waals surface area (Å²) in [5, 5.41) is 5.36. The molecule has 0 aliphatic rings. The number of ether oxygens (including phenoxy) is 2. The van der Waals surface area contributed by atoms with Crippen LogP contribution >= 0.6 is 0 Å². The van der Waals surface area contributed by atoms with Crippen molar-refractivity contribution >= 4 is 17.0 Å². The van der Waals surface area contributed by atoms with Gasteiger partial charge in [0.2, 0.25) is 0 Å². The van der Waals surface area contributed by atoms with E-state index in [1.807, 2.05) is 31.2 Å². The molecule has 0 N–H and O–H groups in total. The van der Waals surface area contributed by atoms with Crippen molar-refractivity contribution in [3.05, 3.63) is 94.4 Å². The quantitative estimate of drug-likeness (QED) is 0.256. The van der Waals surface area contributed by atoms with Gasteiger partial charge in [0.1, 0.15) is 17.2 Å². The molecule has 36 heavy (non-hydrogen) atoms. The van der Waals surface area contributed by atoms with E-state index in [0.29, 0.717) is 40.3 Å². The number of hydrogen-bond donors (Lipinski definition) is 0. The zero-order valence-electron chi connectivity index (χ0n) is 21.0. The summed E-state index contributed by atoms with van der Waals surface area (Å²) in [6.07, 6.45) is 1.57. The molecule has 7 heteroatoms. The van der Waals surface area contributed by atoms with Gasteiger partial charge < -0.3 is 13.9 Å². The van der Waals surface area contributed by atoms with Gasteiger partial charge in [0.05, 0.1) is 36.6 Å². The zero-order chi connectivity index (χ0) is 25.4. The van der Waals surface area contributed by atoms with Crippen molar-refractivity contribution in [2.45, 2.75) is 34.2 Å². The second-order valence-corrected chi connectivity index (χ2v) is 8.89. The minimum Gasteiger partial charge on any atom is -0.465 e. The average molecular weight is 482 g/mol. The molecule has 3 heterocycles. The van der Waals surface area contributed by atoms with Crippen molar-refractivity contribution in [3.63, 3.8) is 0 Å². The Labute approximate surface area is 209 Å². The predicted octanol–water partition coefficient (Wildman–Crippen LogP) is 6.55. The van der Waals surface area contributed by atoms with Gasteiger partial charge in [-0.3, -0.25) is 0 Å². The van der Waals surface area contributed by atoms with E-state index in [4.69, 9.17) is 18.9 Å². The Bertz CT molecular complexity index is 1540. The summed E-state index contributed by atoms with van der Waals surface area (Å²) in [4.78, 5) is 17.4. The highest BCUT2D eigenvalue weighted by Gasteiger charge is 2.21. The summed E-state index contributed by atoms with van der Waals surface area (Å²) >= 11 is 0. The number of hydrogen-bond acceptors (Lipinski definition) is 6. The molecule has 0 unspecified atom stereocenters. The van der Waals surface area contributed by atoms with Gasteiger partial charge >= 0.3 is 5.97 Å². The third-order valence-electron chi connectivity index (χ3n) is 6.45. The Morgan fingerprint density at radius 1 is 0.972 bits per heavy atom. The number of carbonyl (C=O) groups is 1. The molecule has 5 aromatic rings. The van der Waals surface area contributed by atoms with Gasteiger partial charge in [0.25, 0.3) is 0 Å². The van der Waals surface area contributed by atoms with E-state index in [-0.39, 0.29) is 0 Å². The van der Waals surface area contributed by atoms with Crippen LogP contribution in [0.15, 0.2) is 65.3 Å². The second kappa shape index (κ2) is 9.34. The van der Waals surface area contributed by atoms with Crippen LogP contribution in [0.1, 0.15) is 38.3 Å². The maximum atomic E-state index is 12.6. The summed E-state index contributed by atoms with van der Waals surface area (Å²) in [5.41, 5.74) is 6.95. The minimum absolute atomic E-state index is 0.407. The van der Waals surface area contributed by atoms with Crippen molar-refractivity contribution < 1.29 is 18.7 Å². The summed E-state index contributed by atoms with van der Waals surface area (Å²) in [5.74, 6) is 1.70. The first-order valence-corrected chi connectivity index (χ1v) is 11.7. The van der Waals surface area contributed by atoms with E-state index in [1.165, 1.54) is 23.8 Å². The van der Waals surface area contributed by atoms with Crippen LogP contribution in [0, 0.1) is 27.7 Å². The monoisotopic (exact) mass is 481 g/mol. The molecule has 7 nitrogen and oxygen atoms in total. The molecule has 0 spiro atoms. The fraction of sp³-hybridized carbons (Fsp3) is 0.207. The number of benzene rings is 2. The summed E-state index contributed by atoms with van der Waals surface area (Å²) in [7, 11) is 1.36. The highest BCUT2D eigenvalue weighted by Crippen LogP contribution is 2.29. The molecule has 2 aromatic carbocycles. The topological polar surface area (TPSA) is 79.4 Å². The zero-order valence-corrected chi connectivity index (χ0v) is 21.0. The van der Waals surface area contributed by atoms with Crippen LogP contribution < -0.4 is 4.74 Å². The van der Waals surface area contributed by atoms with E-state index < -0.39 is 5.97 Å². The normalized spacial score (nSPS) is 11.1. The van der Waals surface area contributed by atoms with Gasteiger partial charge in [-0.05, 0) is 92.4 Å². The lowest BCUT2D eigenvalue weighted by Gasteiger charge is -2.11. The molecule has 5 rings (SSSR count). The molecule has 0 saturated carbocycles. The molecule has 0 amide bonds.